The molecule has 1 unspecified atom stereocenters. The van der Waals surface area contributed by atoms with Crippen molar-refractivity contribution < 1.29 is 0 Å². The third kappa shape index (κ3) is 2.23. The van der Waals surface area contributed by atoms with Crippen molar-refractivity contribution in [1.82, 2.24) is 19.3 Å². The fourth-order valence-corrected chi connectivity index (χ4v) is 3.65. The zero-order valence-corrected chi connectivity index (χ0v) is 12.5. The molecule has 2 saturated heterocycles. The molecule has 0 amide bonds. The molecule has 2 fully saturated rings. The summed E-state index contributed by atoms with van der Waals surface area (Å²) in [5, 5.41) is 3.15. The smallest absolute Gasteiger partial charge is 0.180 e. The van der Waals surface area contributed by atoms with Gasteiger partial charge in [0.2, 0.25) is 0 Å². The SMILES string of the molecule is CNc1cn2ccnc2c(N2CCCN3CCCC3C2)n1. The maximum Gasteiger partial charge on any atom is 0.180 e. The van der Waals surface area contributed by atoms with Crippen molar-refractivity contribution in [2.24, 2.45) is 0 Å². The van der Waals surface area contributed by atoms with Crippen molar-refractivity contribution in [2.45, 2.75) is 25.3 Å². The number of hydrogen-bond donors (Lipinski definition) is 1. The first-order chi connectivity index (χ1) is 10.3. The van der Waals surface area contributed by atoms with Gasteiger partial charge in [-0.15, -0.1) is 0 Å². The number of aromatic nitrogens is 3. The average Bonchev–Trinajstić information content (AvgIpc) is 3.10. The van der Waals surface area contributed by atoms with Gasteiger partial charge in [0.15, 0.2) is 11.5 Å². The van der Waals surface area contributed by atoms with Gasteiger partial charge in [-0.25, -0.2) is 9.97 Å². The van der Waals surface area contributed by atoms with E-state index in [1.54, 1.807) is 0 Å². The molecular formula is C15H22N6. The summed E-state index contributed by atoms with van der Waals surface area (Å²) in [5.74, 6) is 1.91. The summed E-state index contributed by atoms with van der Waals surface area (Å²) in [5.41, 5.74) is 0.959. The minimum atomic E-state index is 0.683. The summed E-state index contributed by atoms with van der Waals surface area (Å²) in [6.45, 7) is 4.62. The second-order valence-electron chi connectivity index (χ2n) is 5.99. The van der Waals surface area contributed by atoms with Gasteiger partial charge in [0, 0.05) is 45.1 Å². The van der Waals surface area contributed by atoms with Crippen molar-refractivity contribution in [3.8, 4) is 0 Å². The Morgan fingerprint density at radius 3 is 3.05 bits per heavy atom. The van der Waals surface area contributed by atoms with Crippen LogP contribution in [-0.2, 0) is 0 Å². The Bertz CT molecular complexity index is 636. The van der Waals surface area contributed by atoms with E-state index in [2.05, 4.69) is 24.5 Å². The Balaban J connectivity index is 1.72. The number of anilines is 2. The first-order valence-electron chi connectivity index (χ1n) is 7.85. The van der Waals surface area contributed by atoms with Crippen molar-refractivity contribution in [3.63, 3.8) is 0 Å². The summed E-state index contributed by atoms with van der Waals surface area (Å²) in [4.78, 5) is 14.4. The predicted molar refractivity (Wildman–Crippen MR) is 84.0 cm³/mol. The molecule has 6 heteroatoms. The van der Waals surface area contributed by atoms with E-state index < -0.39 is 0 Å². The van der Waals surface area contributed by atoms with Crippen LogP contribution in [0.2, 0.25) is 0 Å². The van der Waals surface area contributed by atoms with E-state index in [0.717, 1.165) is 30.4 Å². The van der Waals surface area contributed by atoms with E-state index >= 15 is 0 Å². The van der Waals surface area contributed by atoms with Crippen LogP contribution < -0.4 is 10.2 Å². The normalized spacial score (nSPS) is 23.3. The largest absolute Gasteiger partial charge is 0.372 e. The number of imidazole rings is 1. The molecule has 0 radical (unpaired) electrons. The number of rotatable bonds is 2. The van der Waals surface area contributed by atoms with Crippen molar-refractivity contribution in [2.75, 3.05) is 43.4 Å². The van der Waals surface area contributed by atoms with Crippen LogP contribution in [-0.4, -0.2) is 58.5 Å². The molecule has 1 atom stereocenters. The van der Waals surface area contributed by atoms with Gasteiger partial charge < -0.3 is 14.6 Å². The molecule has 4 heterocycles. The zero-order chi connectivity index (χ0) is 14.2. The Morgan fingerprint density at radius 2 is 2.14 bits per heavy atom. The lowest BCUT2D eigenvalue weighted by Gasteiger charge is -2.26. The summed E-state index contributed by atoms with van der Waals surface area (Å²) in [6, 6.07) is 0.683. The van der Waals surface area contributed by atoms with E-state index in [-0.39, 0.29) is 0 Å². The second kappa shape index (κ2) is 5.18. The van der Waals surface area contributed by atoms with E-state index in [4.69, 9.17) is 4.98 Å². The first-order valence-corrected chi connectivity index (χ1v) is 7.85. The van der Waals surface area contributed by atoms with E-state index in [9.17, 15) is 0 Å². The quantitative estimate of drug-likeness (QED) is 0.905. The zero-order valence-electron chi connectivity index (χ0n) is 12.5. The molecule has 0 aromatic carbocycles. The molecule has 2 aromatic heterocycles. The summed E-state index contributed by atoms with van der Waals surface area (Å²) in [6.07, 6.45) is 9.68. The van der Waals surface area contributed by atoms with Crippen LogP contribution in [0.5, 0.6) is 0 Å². The number of nitrogens with one attached hydrogen (secondary N) is 1. The molecule has 112 valence electrons. The standard InChI is InChI=1S/C15H22N6/c1-16-13-11-21-9-5-17-14(21)15(18-13)20-8-3-7-19-6-2-4-12(19)10-20/h5,9,11-12,16H,2-4,6-8,10H2,1H3. The molecule has 6 nitrogen and oxygen atoms in total. The van der Waals surface area contributed by atoms with E-state index in [1.807, 2.05) is 25.6 Å². The fourth-order valence-electron chi connectivity index (χ4n) is 3.65. The minimum absolute atomic E-state index is 0.683. The first kappa shape index (κ1) is 12.9. The molecule has 1 N–H and O–H groups in total. The fraction of sp³-hybridized carbons (Fsp3) is 0.600. The van der Waals surface area contributed by atoms with Gasteiger partial charge in [0.1, 0.15) is 5.82 Å². The van der Waals surface area contributed by atoms with Gasteiger partial charge in [-0.1, -0.05) is 0 Å². The molecule has 0 bridgehead atoms. The summed E-state index contributed by atoms with van der Waals surface area (Å²) < 4.78 is 2.06. The molecule has 0 aliphatic carbocycles. The third-order valence-corrected chi connectivity index (χ3v) is 4.72. The Kier molecular flexibility index (Phi) is 3.18. The van der Waals surface area contributed by atoms with Crippen LogP contribution in [0.3, 0.4) is 0 Å². The molecular weight excluding hydrogens is 264 g/mol. The predicted octanol–water partition coefficient (Wildman–Crippen LogP) is 1.45. The van der Waals surface area contributed by atoms with Crippen molar-refractivity contribution in [1.29, 1.82) is 0 Å². The number of nitrogens with zero attached hydrogens (tertiary/aromatic N) is 5. The molecule has 0 spiro atoms. The lowest BCUT2D eigenvalue weighted by Crippen LogP contribution is -2.37. The van der Waals surface area contributed by atoms with Crippen LogP contribution in [0.15, 0.2) is 18.6 Å². The molecule has 21 heavy (non-hydrogen) atoms. The monoisotopic (exact) mass is 286 g/mol. The van der Waals surface area contributed by atoms with E-state index in [0.29, 0.717) is 6.04 Å². The molecule has 2 aromatic rings. The highest BCUT2D eigenvalue weighted by atomic mass is 15.3. The van der Waals surface area contributed by atoms with Gasteiger partial charge >= 0.3 is 0 Å². The van der Waals surface area contributed by atoms with Crippen LogP contribution in [0.25, 0.3) is 5.65 Å². The lowest BCUT2D eigenvalue weighted by molar-refractivity contribution is 0.273. The lowest BCUT2D eigenvalue weighted by atomic mass is 10.2. The van der Waals surface area contributed by atoms with Gasteiger partial charge in [-0.2, -0.15) is 0 Å². The topological polar surface area (TPSA) is 48.7 Å². The van der Waals surface area contributed by atoms with Gasteiger partial charge in [-0.3, -0.25) is 4.90 Å². The van der Waals surface area contributed by atoms with E-state index in [1.165, 1.54) is 32.4 Å². The summed E-state index contributed by atoms with van der Waals surface area (Å²) >= 11 is 0. The molecule has 4 rings (SSSR count). The number of hydrogen-bond acceptors (Lipinski definition) is 5. The molecule has 2 aliphatic heterocycles. The highest BCUT2D eigenvalue weighted by Gasteiger charge is 2.30. The Morgan fingerprint density at radius 1 is 1.24 bits per heavy atom. The Hall–Kier alpha value is -1.82. The highest BCUT2D eigenvalue weighted by Crippen LogP contribution is 2.27. The number of fused-ring (bicyclic) bond motifs is 2. The van der Waals surface area contributed by atoms with Crippen molar-refractivity contribution in [3.05, 3.63) is 18.6 Å². The maximum atomic E-state index is 4.78. The van der Waals surface area contributed by atoms with Gasteiger partial charge in [0.05, 0.1) is 6.20 Å². The van der Waals surface area contributed by atoms with Gasteiger partial charge in [-0.05, 0) is 25.8 Å². The van der Waals surface area contributed by atoms with Crippen LogP contribution in [0.4, 0.5) is 11.6 Å². The highest BCUT2D eigenvalue weighted by molar-refractivity contribution is 5.67. The second-order valence-corrected chi connectivity index (χ2v) is 5.99. The summed E-state index contributed by atoms with van der Waals surface area (Å²) in [7, 11) is 1.91. The minimum Gasteiger partial charge on any atom is -0.372 e. The average molecular weight is 286 g/mol. The molecule has 0 saturated carbocycles. The van der Waals surface area contributed by atoms with Crippen LogP contribution >= 0.6 is 0 Å². The Labute approximate surface area is 124 Å². The van der Waals surface area contributed by atoms with Crippen molar-refractivity contribution >= 4 is 17.3 Å². The maximum absolute atomic E-state index is 4.78. The van der Waals surface area contributed by atoms with Crippen LogP contribution in [0.1, 0.15) is 19.3 Å². The third-order valence-electron chi connectivity index (χ3n) is 4.72. The molecule has 2 aliphatic rings. The van der Waals surface area contributed by atoms with Gasteiger partial charge in [0.25, 0.3) is 0 Å². The van der Waals surface area contributed by atoms with Crippen LogP contribution in [0, 0.1) is 0 Å².